The number of hydrogen-bond donors (Lipinski definition) is 1. The summed E-state index contributed by atoms with van der Waals surface area (Å²) in [6.45, 7) is 3.84. The molecule has 1 aliphatic heterocycles. The number of carbonyl (C=O) groups is 1. The third kappa shape index (κ3) is 4.17. The van der Waals surface area contributed by atoms with E-state index in [2.05, 4.69) is 41.5 Å². The van der Waals surface area contributed by atoms with Crippen LogP contribution in [0, 0.1) is 6.92 Å². The second-order valence-corrected chi connectivity index (χ2v) is 6.75. The van der Waals surface area contributed by atoms with Gasteiger partial charge >= 0.3 is 0 Å². The fraction of sp³-hybridized carbons (Fsp3) is 0.400. The number of carbonyl (C=O) groups excluding carboxylic acids is 1. The summed E-state index contributed by atoms with van der Waals surface area (Å²) in [5.41, 5.74) is 3.55. The summed E-state index contributed by atoms with van der Waals surface area (Å²) >= 11 is 0. The van der Waals surface area contributed by atoms with Gasteiger partial charge in [0.1, 0.15) is 0 Å². The molecule has 0 saturated heterocycles. The van der Waals surface area contributed by atoms with Crippen LogP contribution in [0.4, 0.5) is 0 Å². The van der Waals surface area contributed by atoms with Gasteiger partial charge in [0.15, 0.2) is 0 Å². The molecule has 0 radical (unpaired) electrons. The van der Waals surface area contributed by atoms with E-state index in [0.717, 1.165) is 18.7 Å². The maximum absolute atomic E-state index is 12.2. The first-order valence-corrected chi connectivity index (χ1v) is 8.75. The summed E-state index contributed by atoms with van der Waals surface area (Å²) in [5, 5.41) is 3.03. The van der Waals surface area contributed by atoms with Crippen molar-refractivity contribution in [3.8, 4) is 0 Å². The smallest absolute Gasteiger partial charge is 0.250 e. The van der Waals surface area contributed by atoms with Gasteiger partial charge in [-0.2, -0.15) is 0 Å². The van der Waals surface area contributed by atoms with E-state index >= 15 is 0 Å². The van der Waals surface area contributed by atoms with Crippen LogP contribution in [0.15, 0.2) is 47.3 Å². The number of likely N-dealkylation sites (N-methyl/N-ethyl adjacent to an activating group) is 1. The Balaban J connectivity index is 1.52. The average Bonchev–Trinajstić information content (AvgIpc) is 2.59. The zero-order valence-corrected chi connectivity index (χ0v) is 14.9. The maximum atomic E-state index is 12.2. The highest BCUT2D eigenvalue weighted by Crippen LogP contribution is 2.21. The number of pyridine rings is 1. The molecule has 0 fully saturated rings. The molecule has 5 heteroatoms. The van der Waals surface area contributed by atoms with E-state index in [4.69, 9.17) is 0 Å². The highest BCUT2D eigenvalue weighted by molar-refractivity contribution is 5.75. The van der Waals surface area contributed by atoms with Gasteiger partial charge in [0.25, 0.3) is 5.56 Å². The molecular weight excluding hydrogens is 314 g/mol. The van der Waals surface area contributed by atoms with E-state index in [1.165, 1.54) is 17.2 Å². The zero-order valence-electron chi connectivity index (χ0n) is 14.9. The normalized spacial score (nSPS) is 17.1. The Labute approximate surface area is 148 Å². The topological polar surface area (TPSA) is 54.3 Å². The van der Waals surface area contributed by atoms with Gasteiger partial charge in [0, 0.05) is 43.9 Å². The first kappa shape index (κ1) is 17.4. The predicted octanol–water partition coefficient (Wildman–Crippen LogP) is 1.72. The molecule has 3 rings (SSSR count). The highest BCUT2D eigenvalue weighted by Gasteiger charge is 2.23. The van der Waals surface area contributed by atoms with Crippen LogP contribution in [0.3, 0.4) is 0 Å². The molecular formula is C20H25N3O2. The fourth-order valence-electron chi connectivity index (χ4n) is 3.39. The van der Waals surface area contributed by atoms with Crippen LogP contribution in [-0.4, -0.2) is 35.0 Å². The molecule has 0 bridgehead atoms. The zero-order chi connectivity index (χ0) is 17.8. The largest absolute Gasteiger partial charge is 0.354 e. The molecule has 1 aromatic heterocycles. The molecule has 1 aromatic carbocycles. The van der Waals surface area contributed by atoms with Gasteiger partial charge in [0.05, 0.1) is 0 Å². The van der Waals surface area contributed by atoms with Crippen LogP contribution in [0.5, 0.6) is 0 Å². The van der Waals surface area contributed by atoms with Crippen molar-refractivity contribution >= 4 is 5.91 Å². The summed E-state index contributed by atoms with van der Waals surface area (Å²) in [5.74, 6) is -0.0117. The number of aryl methyl sites for hydroxylation is 1. The quantitative estimate of drug-likeness (QED) is 0.902. The lowest BCUT2D eigenvalue weighted by atomic mass is 9.94. The number of aromatic nitrogens is 1. The molecule has 132 valence electrons. The molecule has 1 atom stereocenters. The number of fused-ring (bicyclic) bond motifs is 1. The number of hydrogen-bond acceptors (Lipinski definition) is 3. The third-order valence-corrected chi connectivity index (χ3v) is 4.98. The molecule has 25 heavy (non-hydrogen) atoms. The molecule has 0 aliphatic carbocycles. The molecule has 2 heterocycles. The summed E-state index contributed by atoms with van der Waals surface area (Å²) in [4.78, 5) is 26.3. The van der Waals surface area contributed by atoms with E-state index in [-0.39, 0.29) is 11.5 Å². The summed E-state index contributed by atoms with van der Waals surface area (Å²) in [6, 6.07) is 13.9. The van der Waals surface area contributed by atoms with Gasteiger partial charge in [-0.05, 0) is 37.6 Å². The second kappa shape index (κ2) is 7.66. The van der Waals surface area contributed by atoms with Crippen molar-refractivity contribution in [1.29, 1.82) is 0 Å². The van der Waals surface area contributed by atoms with Crippen LogP contribution < -0.4 is 10.9 Å². The molecule has 1 aliphatic rings. The molecule has 1 N–H and O–H groups in total. The number of benzene rings is 1. The standard InChI is InChI=1S/C20H25N3O2/c1-15-6-5-9-20(25)23(15)11-10-19(24)21-13-18-12-16-7-3-4-8-17(16)14-22(18)2/h3-9,18H,10-14H2,1-2H3,(H,21,24). The Kier molecular flexibility index (Phi) is 5.34. The number of nitrogens with zero attached hydrogens (tertiary/aromatic N) is 2. The Morgan fingerprint density at radius 2 is 1.92 bits per heavy atom. The van der Waals surface area contributed by atoms with Crippen molar-refractivity contribution in [1.82, 2.24) is 14.8 Å². The minimum atomic E-state index is -0.0589. The fourth-order valence-corrected chi connectivity index (χ4v) is 3.39. The van der Waals surface area contributed by atoms with Crippen molar-refractivity contribution in [2.45, 2.75) is 38.9 Å². The SMILES string of the molecule is Cc1cccc(=O)n1CCC(=O)NCC1Cc2ccccc2CN1C. The Morgan fingerprint density at radius 1 is 1.16 bits per heavy atom. The summed E-state index contributed by atoms with van der Waals surface area (Å²) in [7, 11) is 2.10. The van der Waals surface area contributed by atoms with E-state index < -0.39 is 0 Å². The number of rotatable bonds is 5. The van der Waals surface area contributed by atoms with Crippen LogP contribution in [0.1, 0.15) is 23.2 Å². The summed E-state index contributed by atoms with van der Waals surface area (Å²) in [6.07, 6.45) is 1.27. The molecule has 2 aromatic rings. The highest BCUT2D eigenvalue weighted by atomic mass is 16.1. The lowest BCUT2D eigenvalue weighted by Gasteiger charge is -2.34. The van der Waals surface area contributed by atoms with Crippen molar-refractivity contribution in [3.05, 3.63) is 69.6 Å². The van der Waals surface area contributed by atoms with Gasteiger partial charge < -0.3 is 9.88 Å². The van der Waals surface area contributed by atoms with Gasteiger partial charge in [-0.3, -0.25) is 14.5 Å². The van der Waals surface area contributed by atoms with Crippen molar-refractivity contribution in [2.24, 2.45) is 0 Å². The minimum Gasteiger partial charge on any atom is -0.354 e. The lowest BCUT2D eigenvalue weighted by molar-refractivity contribution is -0.121. The molecule has 1 unspecified atom stereocenters. The minimum absolute atomic E-state index is 0.0117. The van der Waals surface area contributed by atoms with Crippen LogP contribution in [-0.2, 0) is 24.3 Å². The van der Waals surface area contributed by atoms with E-state index in [0.29, 0.717) is 25.6 Å². The van der Waals surface area contributed by atoms with Crippen molar-refractivity contribution in [3.63, 3.8) is 0 Å². The van der Waals surface area contributed by atoms with Crippen molar-refractivity contribution < 1.29 is 4.79 Å². The Morgan fingerprint density at radius 3 is 2.68 bits per heavy atom. The van der Waals surface area contributed by atoms with Gasteiger partial charge in [0.2, 0.25) is 5.91 Å². The van der Waals surface area contributed by atoms with E-state index in [9.17, 15) is 9.59 Å². The molecule has 0 spiro atoms. The monoisotopic (exact) mass is 339 g/mol. The Hall–Kier alpha value is -2.40. The van der Waals surface area contributed by atoms with Gasteiger partial charge in [-0.15, -0.1) is 0 Å². The second-order valence-electron chi connectivity index (χ2n) is 6.75. The molecule has 5 nitrogen and oxygen atoms in total. The third-order valence-electron chi connectivity index (χ3n) is 4.98. The first-order chi connectivity index (χ1) is 12.0. The Bertz CT molecular complexity index is 813. The van der Waals surface area contributed by atoms with Crippen LogP contribution in [0.25, 0.3) is 0 Å². The van der Waals surface area contributed by atoms with Crippen LogP contribution >= 0.6 is 0 Å². The number of amides is 1. The lowest BCUT2D eigenvalue weighted by Crippen LogP contribution is -2.45. The summed E-state index contributed by atoms with van der Waals surface area (Å²) < 4.78 is 1.64. The maximum Gasteiger partial charge on any atom is 0.250 e. The van der Waals surface area contributed by atoms with E-state index in [1.807, 2.05) is 13.0 Å². The van der Waals surface area contributed by atoms with Crippen LogP contribution in [0.2, 0.25) is 0 Å². The molecule has 1 amide bonds. The number of nitrogens with one attached hydrogen (secondary N) is 1. The predicted molar refractivity (Wildman–Crippen MR) is 98.5 cm³/mol. The van der Waals surface area contributed by atoms with Gasteiger partial charge in [-0.25, -0.2) is 0 Å². The average molecular weight is 339 g/mol. The van der Waals surface area contributed by atoms with Gasteiger partial charge in [-0.1, -0.05) is 30.3 Å². The first-order valence-electron chi connectivity index (χ1n) is 8.75. The van der Waals surface area contributed by atoms with Crippen molar-refractivity contribution in [2.75, 3.05) is 13.6 Å². The van der Waals surface area contributed by atoms with E-state index in [1.54, 1.807) is 10.6 Å². The molecule has 0 saturated carbocycles.